The first kappa shape index (κ1) is 18.0. The van der Waals surface area contributed by atoms with E-state index >= 15 is 0 Å². The minimum absolute atomic E-state index is 0.261. The zero-order valence-electron chi connectivity index (χ0n) is 14.9. The van der Waals surface area contributed by atoms with Crippen molar-refractivity contribution < 1.29 is 19.4 Å². The van der Waals surface area contributed by atoms with Crippen molar-refractivity contribution in [3.8, 4) is 11.4 Å². The number of carboxylic acids is 1. The van der Waals surface area contributed by atoms with Crippen LogP contribution in [0.5, 0.6) is 5.75 Å². The van der Waals surface area contributed by atoms with E-state index in [1.54, 1.807) is 24.1 Å². The number of rotatable bonds is 5. The number of carboxylic acid groups (broad SMARTS) is 1. The first-order valence-electron chi connectivity index (χ1n) is 8.68. The molecule has 2 unspecified atom stereocenters. The lowest BCUT2D eigenvalue weighted by molar-refractivity contribution is -0.145. The molecular weight excluding hydrogens is 334 g/mol. The summed E-state index contributed by atoms with van der Waals surface area (Å²) in [7, 11) is 1.60. The Labute approximate surface area is 152 Å². The minimum atomic E-state index is -0.865. The second-order valence-corrected chi connectivity index (χ2v) is 6.85. The van der Waals surface area contributed by atoms with E-state index in [-0.39, 0.29) is 11.6 Å². The quantitative estimate of drug-likeness (QED) is 0.858. The summed E-state index contributed by atoms with van der Waals surface area (Å²) in [6.45, 7) is 1.81. The van der Waals surface area contributed by atoms with E-state index in [1.807, 2.05) is 31.2 Å². The second kappa shape index (κ2) is 7.19. The largest absolute Gasteiger partial charge is 0.497 e. The second-order valence-electron chi connectivity index (χ2n) is 6.85. The molecule has 2 atom stereocenters. The number of benzene rings is 1. The number of methoxy groups -OCH3 is 1. The molecule has 1 fully saturated rings. The Morgan fingerprint density at radius 3 is 2.65 bits per heavy atom. The molecule has 1 saturated carbocycles. The normalized spacial score (nSPS) is 22.6. The third kappa shape index (κ3) is 3.56. The number of nitrogens with zero attached hydrogens (tertiary/aromatic N) is 2. The average Bonchev–Trinajstić information content (AvgIpc) is 3.12. The molecule has 2 aromatic rings. The highest BCUT2D eigenvalue weighted by molar-refractivity contribution is 5.93. The van der Waals surface area contributed by atoms with E-state index in [2.05, 4.69) is 10.4 Å². The summed E-state index contributed by atoms with van der Waals surface area (Å²) in [5.74, 6) is -1.06. The lowest BCUT2D eigenvalue weighted by atomic mass is 9.74. The molecule has 7 nitrogen and oxygen atoms in total. The van der Waals surface area contributed by atoms with Crippen LogP contribution in [0, 0.1) is 5.92 Å². The van der Waals surface area contributed by atoms with Crippen molar-refractivity contribution in [2.75, 3.05) is 7.11 Å². The van der Waals surface area contributed by atoms with E-state index in [0.717, 1.165) is 24.3 Å². The molecule has 0 aliphatic heterocycles. The average molecular weight is 357 g/mol. The van der Waals surface area contributed by atoms with Gasteiger partial charge in [-0.3, -0.25) is 9.59 Å². The summed E-state index contributed by atoms with van der Waals surface area (Å²) in [5.41, 5.74) is 0.305. The molecule has 1 heterocycles. The van der Waals surface area contributed by atoms with Crippen LogP contribution in [0.4, 0.5) is 0 Å². The van der Waals surface area contributed by atoms with Gasteiger partial charge in [0.25, 0.3) is 5.91 Å². The number of nitrogens with one attached hydrogen (secondary N) is 1. The molecule has 1 aliphatic carbocycles. The van der Waals surface area contributed by atoms with E-state index in [9.17, 15) is 14.7 Å². The van der Waals surface area contributed by atoms with Crippen LogP contribution in [0.25, 0.3) is 5.69 Å². The lowest BCUT2D eigenvalue weighted by Crippen LogP contribution is -2.55. The van der Waals surface area contributed by atoms with Crippen LogP contribution < -0.4 is 10.1 Å². The van der Waals surface area contributed by atoms with Crippen molar-refractivity contribution in [1.29, 1.82) is 0 Å². The molecule has 7 heteroatoms. The summed E-state index contributed by atoms with van der Waals surface area (Å²) < 4.78 is 6.74. The number of aliphatic carboxylic acids is 1. The van der Waals surface area contributed by atoms with Gasteiger partial charge in [-0.2, -0.15) is 5.10 Å². The van der Waals surface area contributed by atoms with Gasteiger partial charge in [-0.1, -0.05) is 12.8 Å². The lowest BCUT2D eigenvalue weighted by Gasteiger charge is -2.39. The predicted molar refractivity (Wildman–Crippen MR) is 95.6 cm³/mol. The number of ether oxygens (including phenoxy) is 1. The fourth-order valence-corrected chi connectivity index (χ4v) is 3.53. The van der Waals surface area contributed by atoms with Crippen molar-refractivity contribution in [3.63, 3.8) is 0 Å². The van der Waals surface area contributed by atoms with Gasteiger partial charge in [0.1, 0.15) is 5.75 Å². The topological polar surface area (TPSA) is 93.5 Å². The first-order valence-corrected chi connectivity index (χ1v) is 8.68. The highest BCUT2D eigenvalue weighted by Crippen LogP contribution is 2.34. The Balaban J connectivity index is 1.76. The molecule has 1 aromatic heterocycles. The van der Waals surface area contributed by atoms with Crippen molar-refractivity contribution in [1.82, 2.24) is 15.1 Å². The molecule has 1 amide bonds. The number of hydrogen-bond acceptors (Lipinski definition) is 4. The Morgan fingerprint density at radius 2 is 2.00 bits per heavy atom. The van der Waals surface area contributed by atoms with Crippen LogP contribution in [-0.2, 0) is 4.79 Å². The zero-order chi connectivity index (χ0) is 18.7. The van der Waals surface area contributed by atoms with Crippen molar-refractivity contribution >= 4 is 11.9 Å². The summed E-state index contributed by atoms with van der Waals surface area (Å²) >= 11 is 0. The van der Waals surface area contributed by atoms with Gasteiger partial charge < -0.3 is 15.2 Å². The summed E-state index contributed by atoms with van der Waals surface area (Å²) in [5, 5.41) is 16.7. The van der Waals surface area contributed by atoms with Crippen LogP contribution in [0.3, 0.4) is 0 Å². The molecule has 2 N–H and O–H groups in total. The number of carbonyl (C=O) groups is 2. The maximum Gasteiger partial charge on any atom is 0.308 e. The minimum Gasteiger partial charge on any atom is -0.497 e. The predicted octanol–water partition coefficient (Wildman–Crippen LogP) is 2.64. The zero-order valence-corrected chi connectivity index (χ0v) is 14.9. The van der Waals surface area contributed by atoms with Gasteiger partial charge in [-0.25, -0.2) is 4.68 Å². The standard InChI is InChI=1S/C19H23N3O4/c1-19(11-4-3-5-15(19)18(24)25)20-17(23)16-10-12-22(21-16)13-6-8-14(26-2)9-7-13/h6-10,12,15H,3-5,11H2,1-2H3,(H,20,23)(H,24,25). The van der Waals surface area contributed by atoms with Crippen molar-refractivity contribution in [2.45, 2.75) is 38.1 Å². The fourth-order valence-electron chi connectivity index (χ4n) is 3.53. The molecule has 3 rings (SSSR count). The van der Waals surface area contributed by atoms with E-state index < -0.39 is 17.4 Å². The van der Waals surface area contributed by atoms with Crippen LogP contribution in [0.1, 0.15) is 43.1 Å². The van der Waals surface area contributed by atoms with Crippen molar-refractivity contribution in [2.24, 2.45) is 5.92 Å². The molecular formula is C19H23N3O4. The maximum atomic E-state index is 12.6. The van der Waals surface area contributed by atoms with E-state index in [4.69, 9.17) is 4.74 Å². The molecule has 1 aliphatic rings. The number of carbonyl (C=O) groups excluding carboxylic acids is 1. The Hall–Kier alpha value is -2.83. The van der Waals surface area contributed by atoms with Crippen LogP contribution in [-0.4, -0.2) is 39.4 Å². The maximum absolute atomic E-state index is 12.6. The highest BCUT2D eigenvalue weighted by atomic mass is 16.5. The molecule has 0 saturated heterocycles. The van der Waals surface area contributed by atoms with Crippen molar-refractivity contribution in [3.05, 3.63) is 42.2 Å². The van der Waals surface area contributed by atoms with Gasteiger partial charge in [0.15, 0.2) is 5.69 Å². The van der Waals surface area contributed by atoms with Gasteiger partial charge in [0, 0.05) is 6.20 Å². The third-order valence-electron chi connectivity index (χ3n) is 5.06. The molecule has 138 valence electrons. The fraction of sp³-hybridized carbons (Fsp3) is 0.421. The SMILES string of the molecule is COc1ccc(-n2ccc(C(=O)NC3(C)CCCCC3C(=O)O)n2)cc1. The highest BCUT2D eigenvalue weighted by Gasteiger charge is 2.42. The molecule has 26 heavy (non-hydrogen) atoms. The van der Waals surface area contributed by atoms with E-state index in [0.29, 0.717) is 12.8 Å². The summed E-state index contributed by atoms with van der Waals surface area (Å²) in [6.07, 6.45) is 4.70. The number of amides is 1. The van der Waals surface area contributed by atoms with E-state index in [1.165, 1.54) is 0 Å². The molecule has 0 bridgehead atoms. The number of hydrogen-bond donors (Lipinski definition) is 2. The van der Waals surface area contributed by atoms with Crippen LogP contribution in [0.2, 0.25) is 0 Å². The Morgan fingerprint density at radius 1 is 1.27 bits per heavy atom. The Bertz CT molecular complexity index is 799. The van der Waals surface area contributed by atoms with Crippen LogP contribution >= 0.6 is 0 Å². The Kier molecular flexibility index (Phi) is 4.97. The number of aromatic nitrogens is 2. The monoisotopic (exact) mass is 357 g/mol. The van der Waals surface area contributed by atoms with Gasteiger partial charge >= 0.3 is 5.97 Å². The third-order valence-corrected chi connectivity index (χ3v) is 5.06. The summed E-state index contributed by atoms with van der Waals surface area (Å²) in [6, 6.07) is 8.95. The van der Waals surface area contributed by atoms with Gasteiger partial charge in [0.05, 0.1) is 24.3 Å². The van der Waals surface area contributed by atoms with Gasteiger partial charge in [-0.05, 0) is 50.1 Å². The molecule has 1 aromatic carbocycles. The smallest absolute Gasteiger partial charge is 0.308 e. The van der Waals surface area contributed by atoms with Gasteiger partial charge in [-0.15, -0.1) is 0 Å². The van der Waals surface area contributed by atoms with Crippen LogP contribution in [0.15, 0.2) is 36.5 Å². The molecule has 0 radical (unpaired) electrons. The molecule has 0 spiro atoms. The summed E-state index contributed by atoms with van der Waals surface area (Å²) in [4.78, 5) is 24.2. The van der Waals surface area contributed by atoms with Gasteiger partial charge in [0.2, 0.25) is 0 Å². The first-order chi connectivity index (χ1) is 12.4.